The Morgan fingerprint density at radius 2 is 2.33 bits per heavy atom. The minimum atomic E-state index is -3.56. The molecule has 2 rings (SSSR count). The van der Waals surface area contributed by atoms with Crippen molar-refractivity contribution < 1.29 is 8.42 Å². The van der Waals surface area contributed by atoms with Gasteiger partial charge in [-0.2, -0.15) is 11.8 Å². The molecule has 0 spiro atoms. The van der Waals surface area contributed by atoms with Crippen LogP contribution in [-0.2, 0) is 10.0 Å². The van der Waals surface area contributed by atoms with E-state index in [0.29, 0.717) is 0 Å². The minimum absolute atomic E-state index is 0.0231. The molecular weight excluding hydrogens is 294 g/mol. The van der Waals surface area contributed by atoms with Gasteiger partial charge in [0.15, 0.2) is 0 Å². The first-order valence-electron chi connectivity index (χ1n) is 5.50. The second-order valence-electron chi connectivity index (χ2n) is 4.07. The van der Waals surface area contributed by atoms with Crippen LogP contribution < -0.4 is 10.5 Å². The lowest BCUT2D eigenvalue weighted by atomic mass is 10.2. The molecule has 1 fully saturated rings. The summed E-state index contributed by atoms with van der Waals surface area (Å²) in [7, 11) is -3.56. The van der Waals surface area contributed by atoms with Gasteiger partial charge in [0.25, 0.3) is 0 Å². The molecule has 2 heterocycles. The monoisotopic (exact) mass is 307 g/mol. The van der Waals surface area contributed by atoms with Crippen molar-refractivity contribution in [3.63, 3.8) is 0 Å². The number of nitrogens with one attached hydrogen (secondary N) is 1. The second kappa shape index (κ2) is 5.64. The van der Waals surface area contributed by atoms with Crippen LogP contribution in [0.3, 0.4) is 0 Å². The number of hydrogen-bond acceptors (Lipinski definition) is 5. The molecule has 0 aliphatic carbocycles. The summed E-state index contributed by atoms with van der Waals surface area (Å²) in [5.74, 6) is 2.02. The Balaban J connectivity index is 2.16. The number of anilines is 1. The third kappa shape index (κ3) is 3.28. The van der Waals surface area contributed by atoms with E-state index in [1.807, 2.05) is 0 Å². The molecule has 1 atom stereocenters. The fourth-order valence-electron chi connectivity index (χ4n) is 1.70. The quantitative estimate of drug-likeness (QED) is 0.884. The van der Waals surface area contributed by atoms with Crippen molar-refractivity contribution in [2.24, 2.45) is 0 Å². The van der Waals surface area contributed by atoms with E-state index >= 15 is 0 Å². The number of sulfonamides is 1. The molecule has 0 aromatic carbocycles. The van der Waals surface area contributed by atoms with Gasteiger partial charge in [0.2, 0.25) is 10.0 Å². The largest absolute Gasteiger partial charge is 0.382 e. The van der Waals surface area contributed by atoms with Gasteiger partial charge in [-0.3, -0.25) is 0 Å². The van der Waals surface area contributed by atoms with Gasteiger partial charge in [-0.05, 0) is 24.7 Å². The topological polar surface area (TPSA) is 85.1 Å². The van der Waals surface area contributed by atoms with Crippen molar-refractivity contribution in [2.75, 3.05) is 17.2 Å². The number of nitrogens with two attached hydrogens (primary N) is 1. The fourth-order valence-corrected chi connectivity index (χ4v) is 4.35. The number of pyridine rings is 1. The number of hydrogen-bond donors (Lipinski definition) is 2. The van der Waals surface area contributed by atoms with E-state index in [2.05, 4.69) is 9.71 Å². The van der Waals surface area contributed by atoms with E-state index in [1.54, 1.807) is 11.8 Å². The highest BCUT2D eigenvalue weighted by atomic mass is 35.5. The maximum Gasteiger partial charge on any atom is 0.242 e. The van der Waals surface area contributed by atoms with E-state index in [1.165, 1.54) is 12.3 Å². The van der Waals surface area contributed by atoms with Crippen LogP contribution in [0.25, 0.3) is 0 Å². The first-order valence-corrected chi connectivity index (χ1v) is 8.52. The van der Waals surface area contributed by atoms with E-state index in [9.17, 15) is 8.42 Å². The van der Waals surface area contributed by atoms with Crippen LogP contribution in [0.5, 0.6) is 0 Å². The van der Waals surface area contributed by atoms with Crippen LogP contribution in [0, 0.1) is 0 Å². The number of nitrogens with zero attached hydrogens (tertiary/aromatic N) is 1. The molecule has 1 saturated heterocycles. The van der Waals surface area contributed by atoms with E-state index in [0.717, 1.165) is 24.3 Å². The Labute approximate surface area is 116 Å². The average molecular weight is 308 g/mol. The van der Waals surface area contributed by atoms with Gasteiger partial charge >= 0.3 is 0 Å². The molecule has 1 aliphatic rings. The van der Waals surface area contributed by atoms with Gasteiger partial charge in [-0.1, -0.05) is 11.6 Å². The molecule has 8 heteroatoms. The zero-order valence-corrected chi connectivity index (χ0v) is 12.0. The SMILES string of the molecule is Nc1ncc(S(=O)(=O)NC2CCCSC2)cc1Cl. The standard InChI is InChI=1S/C10H14ClN3O2S2/c11-9-4-8(5-13-10(9)12)18(15,16)14-7-2-1-3-17-6-7/h4-5,7,14H,1-3,6H2,(H2,12,13). The fraction of sp³-hybridized carbons (Fsp3) is 0.500. The highest BCUT2D eigenvalue weighted by Crippen LogP contribution is 2.22. The van der Waals surface area contributed by atoms with Crippen LogP contribution in [-0.4, -0.2) is 30.9 Å². The highest BCUT2D eigenvalue weighted by molar-refractivity contribution is 7.99. The molecule has 1 aliphatic heterocycles. The normalized spacial score (nSPS) is 20.8. The van der Waals surface area contributed by atoms with Gasteiger partial charge in [-0.25, -0.2) is 18.1 Å². The maximum atomic E-state index is 12.1. The smallest absolute Gasteiger partial charge is 0.242 e. The van der Waals surface area contributed by atoms with Crippen LogP contribution in [0.4, 0.5) is 5.82 Å². The zero-order chi connectivity index (χ0) is 13.2. The Hall–Kier alpha value is -0.500. The molecule has 0 amide bonds. The van der Waals surface area contributed by atoms with Gasteiger partial charge in [0, 0.05) is 18.0 Å². The van der Waals surface area contributed by atoms with Crippen molar-refractivity contribution in [1.82, 2.24) is 9.71 Å². The number of rotatable bonds is 3. The van der Waals surface area contributed by atoms with Crippen molar-refractivity contribution >= 4 is 39.2 Å². The predicted octanol–water partition coefficient (Wildman–Crippen LogP) is 1.49. The third-order valence-corrected chi connectivity index (χ3v) is 5.64. The van der Waals surface area contributed by atoms with Gasteiger partial charge in [0.1, 0.15) is 10.7 Å². The number of nitrogen functional groups attached to an aromatic ring is 1. The van der Waals surface area contributed by atoms with Crippen molar-refractivity contribution in [1.29, 1.82) is 0 Å². The van der Waals surface area contributed by atoms with Crippen molar-refractivity contribution in [3.8, 4) is 0 Å². The zero-order valence-electron chi connectivity index (χ0n) is 9.60. The lowest BCUT2D eigenvalue weighted by molar-refractivity contribution is 0.543. The molecule has 3 N–H and O–H groups in total. The van der Waals surface area contributed by atoms with Gasteiger partial charge < -0.3 is 5.73 Å². The molecule has 1 aromatic heterocycles. The van der Waals surface area contributed by atoms with Crippen LogP contribution >= 0.6 is 23.4 Å². The predicted molar refractivity (Wildman–Crippen MR) is 74.3 cm³/mol. The number of thioether (sulfide) groups is 1. The van der Waals surface area contributed by atoms with E-state index in [-0.39, 0.29) is 21.8 Å². The van der Waals surface area contributed by atoms with Crippen LogP contribution in [0.15, 0.2) is 17.2 Å². The van der Waals surface area contributed by atoms with E-state index < -0.39 is 10.0 Å². The Kier molecular flexibility index (Phi) is 4.37. The lowest BCUT2D eigenvalue weighted by Gasteiger charge is -2.22. The summed E-state index contributed by atoms with van der Waals surface area (Å²) < 4.78 is 26.9. The Morgan fingerprint density at radius 1 is 1.56 bits per heavy atom. The summed E-state index contributed by atoms with van der Waals surface area (Å²) in [6, 6.07) is 1.30. The van der Waals surface area contributed by atoms with Crippen LogP contribution in [0.1, 0.15) is 12.8 Å². The molecule has 18 heavy (non-hydrogen) atoms. The molecule has 0 bridgehead atoms. The summed E-state index contributed by atoms with van der Waals surface area (Å²) in [6.45, 7) is 0. The molecule has 1 aromatic rings. The summed E-state index contributed by atoms with van der Waals surface area (Å²) in [4.78, 5) is 3.81. The molecule has 0 radical (unpaired) electrons. The highest BCUT2D eigenvalue weighted by Gasteiger charge is 2.22. The lowest BCUT2D eigenvalue weighted by Crippen LogP contribution is -2.38. The van der Waals surface area contributed by atoms with Gasteiger partial charge in [-0.15, -0.1) is 0 Å². The molecule has 0 saturated carbocycles. The Bertz CT molecular complexity index is 530. The van der Waals surface area contributed by atoms with Crippen LogP contribution in [0.2, 0.25) is 5.02 Å². The van der Waals surface area contributed by atoms with Gasteiger partial charge in [0.05, 0.1) is 5.02 Å². The minimum Gasteiger partial charge on any atom is -0.382 e. The summed E-state index contributed by atoms with van der Waals surface area (Å²) in [5.41, 5.74) is 5.45. The third-order valence-electron chi connectivity index (χ3n) is 2.64. The van der Waals surface area contributed by atoms with Crippen molar-refractivity contribution in [2.45, 2.75) is 23.8 Å². The Morgan fingerprint density at radius 3 is 2.94 bits per heavy atom. The first-order chi connectivity index (χ1) is 8.49. The number of halogens is 1. The maximum absolute atomic E-state index is 12.1. The number of aromatic nitrogens is 1. The summed E-state index contributed by atoms with van der Waals surface area (Å²) in [5, 5.41) is 0.149. The summed E-state index contributed by atoms with van der Waals surface area (Å²) >= 11 is 7.53. The molecule has 100 valence electrons. The summed E-state index contributed by atoms with van der Waals surface area (Å²) in [6.07, 6.45) is 3.11. The van der Waals surface area contributed by atoms with Crippen molar-refractivity contribution in [3.05, 3.63) is 17.3 Å². The molecule has 1 unspecified atom stereocenters. The first kappa shape index (κ1) is 13.9. The molecular formula is C10H14ClN3O2S2. The average Bonchev–Trinajstić information content (AvgIpc) is 2.33. The second-order valence-corrected chi connectivity index (χ2v) is 7.34. The molecule has 5 nitrogen and oxygen atoms in total. The van der Waals surface area contributed by atoms with E-state index in [4.69, 9.17) is 17.3 Å².